The third kappa shape index (κ3) is 5.60. The normalized spacial score (nSPS) is 28.5. The zero-order valence-corrected chi connectivity index (χ0v) is 17.9. The Hall–Kier alpha value is -0.810. The van der Waals surface area contributed by atoms with Gasteiger partial charge >= 0.3 is 0 Å². The Balaban J connectivity index is 0.00000261. The number of hydrogen-bond donors (Lipinski definition) is 3. The van der Waals surface area contributed by atoms with Crippen molar-refractivity contribution < 1.29 is 9.59 Å². The smallest absolute Gasteiger partial charge is 0.228 e. The van der Waals surface area contributed by atoms with Crippen molar-refractivity contribution in [3.05, 3.63) is 0 Å². The molecule has 0 aromatic rings. The van der Waals surface area contributed by atoms with Crippen molar-refractivity contribution in [2.45, 2.75) is 78.1 Å². The number of nitrogens with one attached hydrogen (secondary N) is 3. The van der Waals surface area contributed by atoms with Gasteiger partial charge in [-0.05, 0) is 49.5 Å². The number of carbonyl (C=O) groups is 2. The third-order valence-corrected chi connectivity index (χ3v) is 7.23. The molecule has 2 amide bonds. The first-order chi connectivity index (χ1) is 12.4. The van der Waals surface area contributed by atoms with Crippen molar-refractivity contribution in [1.29, 1.82) is 0 Å². The van der Waals surface area contributed by atoms with Gasteiger partial charge in [0, 0.05) is 26.1 Å². The summed E-state index contributed by atoms with van der Waals surface area (Å²) in [6.07, 6.45) is 10.9. The summed E-state index contributed by atoms with van der Waals surface area (Å²) in [5, 5.41) is 9.63. The maximum absolute atomic E-state index is 13.0. The molecule has 1 unspecified atom stereocenters. The molecular weight excluding hydrogens is 362 g/mol. The molecule has 3 N–H and O–H groups in total. The van der Waals surface area contributed by atoms with Gasteiger partial charge in [0.15, 0.2) is 0 Å². The first-order valence-electron chi connectivity index (χ1n) is 10.6. The molecule has 3 aliphatic rings. The van der Waals surface area contributed by atoms with E-state index >= 15 is 0 Å². The van der Waals surface area contributed by atoms with Crippen molar-refractivity contribution >= 4 is 24.2 Å². The lowest BCUT2D eigenvalue weighted by Gasteiger charge is -2.31. The Labute approximate surface area is 170 Å². The Morgan fingerprint density at radius 1 is 0.852 bits per heavy atom. The van der Waals surface area contributed by atoms with E-state index in [0.29, 0.717) is 13.0 Å². The fraction of sp³-hybridized carbons (Fsp3) is 0.905. The average Bonchev–Trinajstić information content (AvgIpc) is 3.34. The van der Waals surface area contributed by atoms with Crippen molar-refractivity contribution in [2.75, 3.05) is 26.2 Å². The van der Waals surface area contributed by atoms with Gasteiger partial charge in [0.2, 0.25) is 11.8 Å². The molecule has 0 bridgehead atoms. The number of hydrogen-bond acceptors (Lipinski definition) is 3. The lowest BCUT2D eigenvalue weighted by Crippen LogP contribution is -2.48. The molecule has 3 fully saturated rings. The molecule has 0 aromatic heterocycles. The van der Waals surface area contributed by atoms with Crippen molar-refractivity contribution in [3.8, 4) is 0 Å². The van der Waals surface area contributed by atoms with E-state index in [1.807, 2.05) is 0 Å². The second kappa shape index (κ2) is 9.13. The zero-order valence-electron chi connectivity index (χ0n) is 17.1. The molecule has 1 saturated heterocycles. The fourth-order valence-electron chi connectivity index (χ4n) is 5.14. The summed E-state index contributed by atoms with van der Waals surface area (Å²) in [6, 6.07) is 0. The van der Waals surface area contributed by atoms with Crippen LogP contribution in [0.25, 0.3) is 0 Å². The fourth-order valence-corrected chi connectivity index (χ4v) is 5.14. The highest BCUT2D eigenvalue weighted by atomic mass is 35.5. The van der Waals surface area contributed by atoms with Crippen LogP contribution in [0, 0.1) is 16.2 Å². The van der Waals surface area contributed by atoms with Crippen LogP contribution in [0.15, 0.2) is 0 Å². The van der Waals surface area contributed by atoms with Crippen LogP contribution in [-0.2, 0) is 9.59 Å². The summed E-state index contributed by atoms with van der Waals surface area (Å²) in [4.78, 5) is 25.6. The van der Waals surface area contributed by atoms with Gasteiger partial charge in [-0.25, -0.2) is 0 Å². The predicted octanol–water partition coefficient (Wildman–Crippen LogP) is 3.17. The summed E-state index contributed by atoms with van der Waals surface area (Å²) in [6.45, 7) is 7.45. The highest BCUT2D eigenvalue weighted by Gasteiger charge is 2.44. The number of halogens is 1. The first-order valence-corrected chi connectivity index (χ1v) is 10.6. The van der Waals surface area contributed by atoms with E-state index in [0.717, 1.165) is 26.1 Å². The Kier molecular flexibility index (Phi) is 7.60. The Morgan fingerprint density at radius 3 is 1.85 bits per heavy atom. The van der Waals surface area contributed by atoms with Gasteiger partial charge in [-0.15, -0.1) is 12.4 Å². The largest absolute Gasteiger partial charge is 0.356 e. The molecule has 5 nitrogen and oxygen atoms in total. The van der Waals surface area contributed by atoms with Gasteiger partial charge in [0.05, 0.1) is 5.41 Å². The molecule has 0 aromatic carbocycles. The molecule has 1 aliphatic heterocycles. The van der Waals surface area contributed by atoms with Crippen LogP contribution < -0.4 is 16.0 Å². The maximum atomic E-state index is 13.0. The van der Waals surface area contributed by atoms with Crippen LogP contribution in [-0.4, -0.2) is 38.0 Å². The van der Waals surface area contributed by atoms with Gasteiger partial charge in [0.1, 0.15) is 0 Å². The van der Waals surface area contributed by atoms with E-state index < -0.39 is 5.41 Å². The molecule has 1 heterocycles. The SMILES string of the molecule is CC1(CNC(=O)CC2(C(=O)NCC3(C)CCCC3)CCNC2)CCCC1.Cl. The topological polar surface area (TPSA) is 70.2 Å². The minimum atomic E-state index is -0.574. The monoisotopic (exact) mass is 399 g/mol. The molecule has 27 heavy (non-hydrogen) atoms. The lowest BCUT2D eigenvalue weighted by molar-refractivity contribution is -0.136. The molecule has 0 radical (unpaired) electrons. The van der Waals surface area contributed by atoms with Crippen LogP contribution in [0.4, 0.5) is 0 Å². The van der Waals surface area contributed by atoms with Crippen LogP contribution in [0.1, 0.15) is 78.1 Å². The standard InChI is InChI=1S/C21H37N3O2.ClH/c1-19(7-3-4-8-19)14-23-17(25)13-21(11-12-22-16-21)18(26)24-15-20(2)9-5-6-10-20;/h22H,3-16H2,1-2H3,(H,23,25)(H,24,26);1H. The van der Waals surface area contributed by atoms with Crippen LogP contribution in [0.5, 0.6) is 0 Å². The highest BCUT2D eigenvalue weighted by Crippen LogP contribution is 2.38. The average molecular weight is 400 g/mol. The third-order valence-electron chi connectivity index (χ3n) is 7.23. The summed E-state index contributed by atoms with van der Waals surface area (Å²) in [5.41, 5.74) is -0.0894. The van der Waals surface area contributed by atoms with Crippen LogP contribution >= 0.6 is 12.4 Å². The summed E-state index contributed by atoms with van der Waals surface area (Å²) < 4.78 is 0. The first kappa shape index (κ1) is 22.5. The van der Waals surface area contributed by atoms with Gasteiger partial charge in [0.25, 0.3) is 0 Å². The molecule has 1 atom stereocenters. The van der Waals surface area contributed by atoms with E-state index in [-0.39, 0.29) is 35.1 Å². The molecule has 3 rings (SSSR count). The van der Waals surface area contributed by atoms with Gasteiger partial charge in [-0.2, -0.15) is 0 Å². The predicted molar refractivity (Wildman–Crippen MR) is 111 cm³/mol. The Morgan fingerprint density at radius 2 is 1.37 bits per heavy atom. The molecule has 156 valence electrons. The molecule has 6 heteroatoms. The summed E-state index contributed by atoms with van der Waals surface area (Å²) >= 11 is 0. The lowest BCUT2D eigenvalue weighted by atomic mass is 9.81. The highest BCUT2D eigenvalue weighted by molar-refractivity contribution is 5.89. The van der Waals surface area contributed by atoms with E-state index in [1.165, 1.54) is 51.4 Å². The van der Waals surface area contributed by atoms with E-state index in [2.05, 4.69) is 29.8 Å². The molecule has 2 saturated carbocycles. The second-order valence-corrected chi connectivity index (χ2v) is 9.88. The van der Waals surface area contributed by atoms with Gasteiger partial charge in [-0.1, -0.05) is 39.5 Å². The Bertz CT molecular complexity index is 520. The molecule has 2 aliphatic carbocycles. The van der Waals surface area contributed by atoms with Crippen molar-refractivity contribution in [2.24, 2.45) is 16.2 Å². The number of amides is 2. The van der Waals surface area contributed by atoms with Gasteiger partial charge in [-0.3, -0.25) is 9.59 Å². The van der Waals surface area contributed by atoms with Crippen LogP contribution in [0.2, 0.25) is 0 Å². The summed E-state index contributed by atoms with van der Waals surface area (Å²) in [5.74, 6) is 0.0990. The number of carbonyl (C=O) groups excluding carboxylic acids is 2. The zero-order chi connectivity index (χ0) is 18.7. The minimum Gasteiger partial charge on any atom is -0.356 e. The van der Waals surface area contributed by atoms with Crippen molar-refractivity contribution in [1.82, 2.24) is 16.0 Å². The summed E-state index contributed by atoms with van der Waals surface area (Å²) in [7, 11) is 0. The van der Waals surface area contributed by atoms with Crippen molar-refractivity contribution in [3.63, 3.8) is 0 Å². The van der Waals surface area contributed by atoms with E-state index in [4.69, 9.17) is 0 Å². The second-order valence-electron chi connectivity index (χ2n) is 9.88. The minimum absolute atomic E-state index is 0. The van der Waals surface area contributed by atoms with Gasteiger partial charge < -0.3 is 16.0 Å². The maximum Gasteiger partial charge on any atom is 0.228 e. The molecular formula is C21H38ClN3O2. The number of rotatable bonds is 7. The van der Waals surface area contributed by atoms with Crippen LogP contribution in [0.3, 0.4) is 0 Å². The van der Waals surface area contributed by atoms with E-state index in [1.54, 1.807) is 0 Å². The quantitative estimate of drug-likeness (QED) is 0.615. The molecule has 0 spiro atoms. The van der Waals surface area contributed by atoms with E-state index in [9.17, 15) is 9.59 Å².